The lowest BCUT2D eigenvalue weighted by molar-refractivity contribution is 0.0660. The number of fused-ring (bicyclic) bond motifs is 1. The van der Waals surface area contributed by atoms with E-state index < -0.39 is 5.97 Å². The molecule has 0 aliphatic carbocycles. The van der Waals surface area contributed by atoms with E-state index in [9.17, 15) is 9.18 Å². The maximum absolute atomic E-state index is 13.4. The maximum atomic E-state index is 13.4. The Kier molecular flexibility index (Phi) is 4.53. The van der Waals surface area contributed by atoms with Crippen LogP contribution in [-0.4, -0.2) is 21.9 Å². The second-order valence-corrected chi connectivity index (χ2v) is 6.49. The molecule has 2 aromatic heterocycles. The number of benzene rings is 2. The first-order valence-corrected chi connectivity index (χ1v) is 8.71. The second kappa shape index (κ2) is 7.15. The molecule has 1 N–H and O–H groups in total. The van der Waals surface area contributed by atoms with Crippen molar-refractivity contribution in [1.29, 1.82) is 0 Å². The highest BCUT2D eigenvalue weighted by molar-refractivity contribution is 6.00. The molecule has 4 rings (SSSR count). The minimum atomic E-state index is -1.09. The molecule has 4 aromatic rings. The topological polar surface area (TPSA) is 67.7 Å². The van der Waals surface area contributed by atoms with Gasteiger partial charge in [0, 0.05) is 28.9 Å². The van der Waals surface area contributed by atoms with Crippen LogP contribution in [0.4, 0.5) is 10.1 Å². The minimum Gasteiger partial charge on any atom is -0.475 e. The molecule has 0 bridgehead atoms. The van der Waals surface area contributed by atoms with Gasteiger partial charge in [-0.2, -0.15) is 0 Å². The lowest BCUT2D eigenvalue weighted by Gasteiger charge is -2.02. The van der Waals surface area contributed by atoms with Crippen LogP contribution >= 0.6 is 0 Å². The molecule has 0 saturated carbocycles. The summed E-state index contributed by atoms with van der Waals surface area (Å²) in [6.45, 7) is 2.10. The number of hydrogen-bond donors (Lipinski definition) is 1. The Balaban J connectivity index is 1.68. The lowest BCUT2D eigenvalue weighted by Crippen LogP contribution is -1.97. The molecule has 0 saturated heterocycles. The third-order valence-corrected chi connectivity index (χ3v) is 4.51. The average molecular weight is 376 g/mol. The molecule has 0 spiro atoms. The molecule has 0 radical (unpaired) electrons. The summed E-state index contributed by atoms with van der Waals surface area (Å²) in [4.78, 5) is 15.5. The van der Waals surface area contributed by atoms with Gasteiger partial charge in [-0.25, -0.2) is 9.18 Å². The van der Waals surface area contributed by atoms with E-state index in [1.807, 2.05) is 35.0 Å². The van der Waals surface area contributed by atoms with Gasteiger partial charge in [0.1, 0.15) is 11.6 Å². The SMILES string of the molecule is Cc1cc(N=Cc2cn(Cc3ccc(C(=O)O)o3)c3ccccc23)ccc1F. The van der Waals surface area contributed by atoms with E-state index in [2.05, 4.69) is 4.99 Å². The number of rotatable bonds is 5. The van der Waals surface area contributed by atoms with Crippen molar-refractivity contribution >= 4 is 28.8 Å². The predicted octanol–water partition coefficient (Wildman–Crippen LogP) is 5.18. The van der Waals surface area contributed by atoms with Gasteiger partial charge in [0.05, 0.1) is 12.2 Å². The van der Waals surface area contributed by atoms with Crippen molar-refractivity contribution in [3.05, 3.63) is 89.3 Å². The van der Waals surface area contributed by atoms with Gasteiger partial charge in [-0.05, 0) is 48.9 Å². The number of carbonyl (C=O) groups is 1. The summed E-state index contributed by atoms with van der Waals surface area (Å²) >= 11 is 0. The number of nitrogens with zero attached hydrogens (tertiary/aromatic N) is 2. The summed E-state index contributed by atoms with van der Waals surface area (Å²) in [5.41, 5.74) is 3.10. The Hall–Kier alpha value is -3.67. The zero-order chi connectivity index (χ0) is 19.7. The molecule has 28 heavy (non-hydrogen) atoms. The number of aliphatic imine (C=N–C) groups is 1. The van der Waals surface area contributed by atoms with E-state index in [1.54, 1.807) is 31.3 Å². The third-order valence-electron chi connectivity index (χ3n) is 4.51. The lowest BCUT2D eigenvalue weighted by atomic mass is 10.2. The van der Waals surface area contributed by atoms with Crippen molar-refractivity contribution < 1.29 is 18.7 Å². The largest absolute Gasteiger partial charge is 0.475 e. The monoisotopic (exact) mass is 376 g/mol. The average Bonchev–Trinajstić information content (AvgIpc) is 3.29. The number of para-hydroxylation sites is 1. The standard InChI is InChI=1S/C22H17FN2O3/c1-14-10-16(6-8-19(14)23)24-11-15-12-25(20-5-3-2-4-18(15)20)13-17-7-9-21(28-17)22(26)27/h2-12H,13H2,1H3,(H,26,27). The zero-order valence-corrected chi connectivity index (χ0v) is 15.1. The van der Waals surface area contributed by atoms with Crippen LogP contribution in [0.15, 0.2) is 70.2 Å². The minimum absolute atomic E-state index is 0.0834. The molecule has 140 valence electrons. The number of carboxylic acids is 1. The highest BCUT2D eigenvalue weighted by atomic mass is 19.1. The number of carboxylic acid groups (broad SMARTS) is 1. The fourth-order valence-electron chi connectivity index (χ4n) is 3.11. The zero-order valence-electron chi connectivity index (χ0n) is 15.1. The van der Waals surface area contributed by atoms with Gasteiger partial charge < -0.3 is 14.1 Å². The smallest absolute Gasteiger partial charge is 0.371 e. The van der Waals surface area contributed by atoms with E-state index in [-0.39, 0.29) is 11.6 Å². The van der Waals surface area contributed by atoms with Crippen LogP contribution in [0.25, 0.3) is 10.9 Å². The van der Waals surface area contributed by atoms with Crippen LogP contribution in [0.3, 0.4) is 0 Å². The highest BCUT2D eigenvalue weighted by Crippen LogP contribution is 2.23. The Labute approximate surface area is 160 Å². The van der Waals surface area contributed by atoms with Crippen LogP contribution in [0.2, 0.25) is 0 Å². The Morgan fingerprint density at radius 1 is 1.21 bits per heavy atom. The van der Waals surface area contributed by atoms with Crippen molar-refractivity contribution in [3.8, 4) is 0 Å². The summed E-state index contributed by atoms with van der Waals surface area (Å²) < 4.78 is 20.8. The second-order valence-electron chi connectivity index (χ2n) is 6.49. The van der Waals surface area contributed by atoms with Crippen LogP contribution < -0.4 is 0 Å². The van der Waals surface area contributed by atoms with Crippen LogP contribution in [-0.2, 0) is 6.54 Å². The fourth-order valence-corrected chi connectivity index (χ4v) is 3.11. The molecular weight excluding hydrogens is 359 g/mol. The van der Waals surface area contributed by atoms with Gasteiger partial charge in [0.15, 0.2) is 0 Å². The molecule has 0 atom stereocenters. The van der Waals surface area contributed by atoms with Crippen molar-refractivity contribution in [2.75, 3.05) is 0 Å². The van der Waals surface area contributed by atoms with E-state index in [4.69, 9.17) is 9.52 Å². The van der Waals surface area contributed by atoms with E-state index in [1.165, 1.54) is 12.1 Å². The van der Waals surface area contributed by atoms with Crippen molar-refractivity contribution in [2.45, 2.75) is 13.5 Å². The first-order chi connectivity index (χ1) is 13.5. The number of hydrogen-bond acceptors (Lipinski definition) is 3. The van der Waals surface area contributed by atoms with Gasteiger partial charge >= 0.3 is 5.97 Å². The first-order valence-electron chi connectivity index (χ1n) is 8.71. The summed E-state index contributed by atoms with van der Waals surface area (Å²) in [5.74, 6) is -0.878. The fraction of sp³-hybridized carbons (Fsp3) is 0.0909. The van der Waals surface area contributed by atoms with Crippen molar-refractivity contribution in [3.63, 3.8) is 0 Å². The van der Waals surface area contributed by atoms with Crippen LogP contribution in [0, 0.1) is 12.7 Å². The predicted molar refractivity (Wildman–Crippen MR) is 105 cm³/mol. The molecular formula is C22H17FN2O3. The molecule has 0 aliphatic rings. The van der Waals surface area contributed by atoms with E-state index >= 15 is 0 Å². The molecule has 0 unspecified atom stereocenters. The molecule has 0 aliphatic heterocycles. The third kappa shape index (κ3) is 3.44. The summed E-state index contributed by atoms with van der Waals surface area (Å²) in [6.07, 6.45) is 3.68. The Bertz CT molecular complexity index is 1200. The quantitative estimate of drug-likeness (QED) is 0.488. The van der Waals surface area contributed by atoms with Gasteiger partial charge in [0.2, 0.25) is 5.76 Å². The van der Waals surface area contributed by atoms with Crippen LogP contribution in [0.5, 0.6) is 0 Å². The Morgan fingerprint density at radius 2 is 2.04 bits per heavy atom. The number of furan rings is 1. The van der Waals surface area contributed by atoms with Crippen LogP contribution in [0.1, 0.15) is 27.4 Å². The highest BCUT2D eigenvalue weighted by Gasteiger charge is 2.12. The first kappa shape index (κ1) is 17.7. The summed E-state index contributed by atoms with van der Waals surface area (Å²) in [6, 6.07) is 15.7. The summed E-state index contributed by atoms with van der Waals surface area (Å²) in [5, 5.41) is 10.0. The molecule has 0 amide bonds. The van der Waals surface area contributed by atoms with Gasteiger partial charge in [-0.15, -0.1) is 0 Å². The number of aromatic nitrogens is 1. The molecule has 6 heteroatoms. The number of aryl methyl sites for hydroxylation is 1. The summed E-state index contributed by atoms with van der Waals surface area (Å²) in [7, 11) is 0. The van der Waals surface area contributed by atoms with Gasteiger partial charge in [-0.3, -0.25) is 4.99 Å². The molecule has 0 fully saturated rings. The van der Waals surface area contributed by atoms with E-state index in [0.717, 1.165) is 16.5 Å². The molecule has 2 aromatic carbocycles. The Morgan fingerprint density at radius 3 is 2.79 bits per heavy atom. The number of aromatic carboxylic acids is 1. The van der Waals surface area contributed by atoms with Gasteiger partial charge in [0.25, 0.3) is 0 Å². The molecule has 5 nitrogen and oxygen atoms in total. The molecule has 2 heterocycles. The van der Waals surface area contributed by atoms with Crippen molar-refractivity contribution in [1.82, 2.24) is 4.57 Å². The van der Waals surface area contributed by atoms with Crippen molar-refractivity contribution in [2.24, 2.45) is 4.99 Å². The van der Waals surface area contributed by atoms with E-state index in [0.29, 0.717) is 23.6 Å². The van der Waals surface area contributed by atoms with Gasteiger partial charge in [-0.1, -0.05) is 18.2 Å². The maximum Gasteiger partial charge on any atom is 0.371 e. The number of halogens is 1. The normalized spacial score (nSPS) is 11.5.